The van der Waals surface area contributed by atoms with E-state index in [-0.39, 0.29) is 10.0 Å². The lowest BCUT2D eigenvalue weighted by atomic mass is 10.2. The summed E-state index contributed by atoms with van der Waals surface area (Å²) in [6.45, 7) is 3.68. The zero-order chi connectivity index (χ0) is 14.9. The van der Waals surface area contributed by atoms with E-state index in [1.54, 1.807) is 25.1 Å². The van der Waals surface area contributed by atoms with Crippen molar-refractivity contribution in [3.63, 3.8) is 0 Å². The Morgan fingerprint density at radius 2 is 1.95 bits per heavy atom. The fourth-order valence-corrected chi connectivity index (χ4v) is 3.50. The third kappa shape index (κ3) is 3.31. The van der Waals surface area contributed by atoms with Gasteiger partial charge in [0, 0.05) is 0 Å². The first-order valence-electron chi connectivity index (χ1n) is 5.71. The van der Waals surface area contributed by atoms with Crippen LogP contribution in [0.5, 0.6) is 0 Å². The van der Waals surface area contributed by atoms with E-state index in [1.807, 2.05) is 13.0 Å². The van der Waals surface area contributed by atoms with E-state index in [1.165, 1.54) is 6.20 Å². The van der Waals surface area contributed by atoms with Crippen molar-refractivity contribution >= 4 is 43.2 Å². The van der Waals surface area contributed by atoms with E-state index in [0.29, 0.717) is 15.7 Å². The highest BCUT2D eigenvalue weighted by Crippen LogP contribution is 2.25. The molecule has 7 heteroatoms. The zero-order valence-electron chi connectivity index (χ0n) is 10.8. The molecule has 0 atom stereocenters. The molecule has 0 unspecified atom stereocenters. The molecule has 0 radical (unpaired) electrons. The zero-order valence-corrected chi connectivity index (χ0v) is 14.0. The maximum Gasteiger partial charge on any atom is 0.262 e. The van der Waals surface area contributed by atoms with E-state index in [2.05, 4.69) is 25.6 Å². The Kier molecular flexibility index (Phi) is 4.36. The molecule has 1 aromatic heterocycles. The second-order valence-electron chi connectivity index (χ2n) is 4.37. The molecule has 0 spiro atoms. The van der Waals surface area contributed by atoms with Crippen molar-refractivity contribution < 1.29 is 8.42 Å². The Labute approximate surface area is 131 Å². The van der Waals surface area contributed by atoms with Gasteiger partial charge < -0.3 is 0 Å². The highest BCUT2D eigenvalue weighted by molar-refractivity contribution is 9.10. The van der Waals surface area contributed by atoms with Crippen molar-refractivity contribution in [1.29, 1.82) is 0 Å². The molecule has 2 rings (SSSR count). The van der Waals surface area contributed by atoms with Crippen LogP contribution >= 0.6 is 27.5 Å². The van der Waals surface area contributed by atoms with Crippen molar-refractivity contribution in [2.24, 2.45) is 0 Å². The van der Waals surface area contributed by atoms with Crippen LogP contribution in [0.25, 0.3) is 0 Å². The maximum atomic E-state index is 12.3. The molecule has 0 fully saturated rings. The number of pyridine rings is 1. The van der Waals surface area contributed by atoms with Crippen molar-refractivity contribution in [3.05, 3.63) is 51.2 Å². The average Bonchev–Trinajstić information content (AvgIpc) is 2.33. The number of benzene rings is 1. The van der Waals surface area contributed by atoms with Crippen LogP contribution in [0, 0.1) is 13.8 Å². The number of aromatic nitrogens is 1. The predicted molar refractivity (Wildman–Crippen MR) is 83.7 cm³/mol. The van der Waals surface area contributed by atoms with Gasteiger partial charge in [0.05, 0.1) is 21.3 Å². The number of hydrogen-bond acceptors (Lipinski definition) is 3. The molecule has 1 heterocycles. The first-order valence-corrected chi connectivity index (χ1v) is 8.36. The van der Waals surface area contributed by atoms with Crippen molar-refractivity contribution in [2.45, 2.75) is 18.7 Å². The van der Waals surface area contributed by atoms with E-state index in [0.717, 1.165) is 5.56 Å². The van der Waals surface area contributed by atoms with Gasteiger partial charge in [-0.1, -0.05) is 29.3 Å². The van der Waals surface area contributed by atoms with E-state index < -0.39 is 10.0 Å². The van der Waals surface area contributed by atoms with Crippen LogP contribution in [-0.2, 0) is 10.0 Å². The second kappa shape index (κ2) is 5.71. The molecular weight excluding hydrogens is 364 g/mol. The molecule has 0 amide bonds. The number of halogens is 2. The minimum Gasteiger partial charge on any atom is -0.278 e. The number of sulfonamides is 1. The number of rotatable bonds is 3. The van der Waals surface area contributed by atoms with E-state index >= 15 is 0 Å². The van der Waals surface area contributed by atoms with Gasteiger partial charge >= 0.3 is 0 Å². The number of aryl methyl sites for hydroxylation is 2. The quantitative estimate of drug-likeness (QED) is 0.827. The molecule has 1 aromatic carbocycles. The normalized spacial score (nSPS) is 11.4. The van der Waals surface area contributed by atoms with Gasteiger partial charge in [0.15, 0.2) is 0 Å². The van der Waals surface area contributed by atoms with Crippen molar-refractivity contribution in [1.82, 2.24) is 4.98 Å². The monoisotopic (exact) mass is 374 g/mol. The molecule has 2 aromatic rings. The first kappa shape index (κ1) is 15.3. The number of anilines is 1. The molecule has 106 valence electrons. The predicted octanol–water partition coefficient (Wildman–Crippen LogP) is 3.92. The Morgan fingerprint density at radius 1 is 1.25 bits per heavy atom. The Hall–Kier alpha value is -1.11. The van der Waals surface area contributed by atoms with Crippen LogP contribution in [-0.4, -0.2) is 13.4 Å². The summed E-state index contributed by atoms with van der Waals surface area (Å²) in [6, 6.07) is 6.74. The molecule has 0 saturated carbocycles. The molecule has 0 aliphatic heterocycles. The summed E-state index contributed by atoms with van der Waals surface area (Å²) in [5, 5.41) is 0.277. The summed E-state index contributed by atoms with van der Waals surface area (Å²) < 4.78 is 27.7. The van der Waals surface area contributed by atoms with Crippen LogP contribution < -0.4 is 4.72 Å². The molecule has 0 bridgehead atoms. The van der Waals surface area contributed by atoms with Crippen molar-refractivity contribution in [2.75, 3.05) is 4.72 Å². The third-order valence-electron chi connectivity index (χ3n) is 2.67. The molecule has 0 saturated heterocycles. The topological polar surface area (TPSA) is 59.1 Å². The van der Waals surface area contributed by atoms with Crippen LogP contribution in [0.2, 0.25) is 5.15 Å². The Bertz CT molecular complexity index is 763. The molecular formula is C13H12BrClN2O2S. The maximum absolute atomic E-state index is 12.3. The Morgan fingerprint density at radius 3 is 2.55 bits per heavy atom. The molecule has 0 aliphatic rings. The summed E-state index contributed by atoms with van der Waals surface area (Å²) in [5.41, 5.74) is 2.05. The van der Waals surface area contributed by atoms with Crippen molar-refractivity contribution in [3.8, 4) is 0 Å². The largest absolute Gasteiger partial charge is 0.278 e. The lowest BCUT2D eigenvalue weighted by Gasteiger charge is -2.11. The van der Waals surface area contributed by atoms with Gasteiger partial charge in [-0.3, -0.25) is 4.72 Å². The van der Waals surface area contributed by atoms with E-state index in [4.69, 9.17) is 11.6 Å². The third-order valence-corrected chi connectivity index (χ3v) is 5.34. The summed E-state index contributed by atoms with van der Waals surface area (Å²) in [5.74, 6) is 0. The molecule has 4 nitrogen and oxygen atoms in total. The minimum atomic E-state index is -3.64. The van der Waals surface area contributed by atoms with Crippen LogP contribution in [0.3, 0.4) is 0 Å². The smallest absolute Gasteiger partial charge is 0.262 e. The molecule has 0 aliphatic carbocycles. The first-order chi connectivity index (χ1) is 9.29. The highest BCUT2D eigenvalue weighted by Gasteiger charge is 2.17. The van der Waals surface area contributed by atoms with Gasteiger partial charge in [-0.25, -0.2) is 13.4 Å². The standard InChI is InChI=1S/C13H12BrClN2O2S/c1-8-3-4-12(9(2)5-8)20(18,19)17-10-6-11(14)13(15)16-7-10/h3-7,17H,1-2H3. The minimum absolute atomic E-state index is 0.245. The fraction of sp³-hybridized carbons (Fsp3) is 0.154. The second-order valence-corrected chi connectivity index (χ2v) is 7.23. The van der Waals surface area contributed by atoms with Crippen LogP contribution in [0.4, 0.5) is 5.69 Å². The van der Waals surface area contributed by atoms with Gasteiger partial charge in [-0.05, 0) is 47.5 Å². The Balaban J connectivity index is 2.38. The van der Waals surface area contributed by atoms with Gasteiger partial charge in [-0.15, -0.1) is 0 Å². The number of nitrogens with zero attached hydrogens (tertiary/aromatic N) is 1. The lowest BCUT2D eigenvalue weighted by Crippen LogP contribution is -2.14. The fourth-order valence-electron chi connectivity index (χ4n) is 1.79. The average molecular weight is 376 g/mol. The summed E-state index contributed by atoms with van der Waals surface area (Å²) in [6.07, 6.45) is 1.37. The molecule has 1 N–H and O–H groups in total. The van der Waals surface area contributed by atoms with Gasteiger partial charge in [0.1, 0.15) is 5.15 Å². The highest BCUT2D eigenvalue weighted by atomic mass is 79.9. The lowest BCUT2D eigenvalue weighted by molar-refractivity contribution is 0.600. The van der Waals surface area contributed by atoms with Gasteiger partial charge in [-0.2, -0.15) is 0 Å². The van der Waals surface area contributed by atoms with E-state index in [9.17, 15) is 8.42 Å². The SMILES string of the molecule is Cc1ccc(S(=O)(=O)Nc2cnc(Cl)c(Br)c2)c(C)c1. The summed E-state index contributed by atoms with van der Waals surface area (Å²) in [4.78, 5) is 4.13. The molecule has 20 heavy (non-hydrogen) atoms. The van der Waals surface area contributed by atoms with Crippen LogP contribution in [0.1, 0.15) is 11.1 Å². The summed E-state index contributed by atoms with van der Waals surface area (Å²) >= 11 is 8.98. The number of hydrogen-bond donors (Lipinski definition) is 1. The van der Waals surface area contributed by atoms with Gasteiger partial charge in [0.25, 0.3) is 10.0 Å². The number of nitrogens with one attached hydrogen (secondary N) is 1. The van der Waals surface area contributed by atoms with Gasteiger partial charge in [0.2, 0.25) is 0 Å². The summed E-state index contributed by atoms with van der Waals surface area (Å²) in [7, 11) is -3.64. The van der Waals surface area contributed by atoms with Crippen LogP contribution in [0.15, 0.2) is 39.8 Å².